The smallest absolute Gasteiger partial charge is 0.325 e. The minimum absolute atomic E-state index is 0.0692. The van der Waals surface area contributed by atoms with Gasteiger partial charge in [-0.3, -0.25) is 9.52 Å². The number of ether oxygens (including phenoxy) is 1. The Morgan fingerprint density at radius 2 is 2.16 bits per heavy atom. The number of sulfonamides is 1. The largest absolute Gasteiger partial charge is 0.468 e. The number of halogens is 1. The van der Waals surface area contributed by atoms with E-state index in [1.165, 1.54) is 25.1 Å². The molecule has 0 radical (unpaired) electrons. The fourth-order valence-corrected chi connectivity index (χ4v) is 2.50. The molecule has 0 aromatic heterocycles. The maximum atomic E-state index is 11.9. The molecule has 1 atom stereocenters. The van der Waals surface area contributed by atoms with Crippen molar-refractivity contribution >= 4 is 33.3 Å². The minimum atomic E-state index is -3.96. The molecule has 0 saturated carbocycles. The molecular formula is C11H11ClN2O4S. The van der Waals surface area contributed by atoms with Crippen molar-refractivity contribution in [1.82, 2.24) is 0 Å². The first-order valence-electron chi connectivity index (χ1n) is 5.11. The van der Waals surface area contributed by atoms with E-state index in [9.17, 15) is 13.2 Å². The highest BCUT2D eigenvalue weighted by molar-refractivity contribution is 7.94. The van der Waals surface area contributed by atoms with Crippen molar-refractivity contribution < 1.29 is 17.9 Å². The summed E-state index contributed by atoms with van der Waals surface area (Å²) in [6.45, 7) is 1.20. The Morgan fingerprint density at radius 3 is 2.63 bits per heavy atom. The van der Waals surface area contributed by atoms with Gasteiger partial charge in [-0.05, 0) is 25.1 Å². The predicted octanol–water partition coefficient (Wildman–Crippen LogP) is 1.51. The van der Waals surface area contributed by atoms with E-state index in [0.717, 1.165) is 7.11 Å². The van der Waals surface area contributed by atoms with Crippen LogP contribution in [0.25, 0.3) is 0 Å². The van der Waals surface area contributed by atoms with Crippen LogP contribution in [0.1, 0.15) is 12.5 Å². The van der Waals surface area contributed by atoms with Gasteiger partial charge >= 0.3 is 5.97 Å². The maximum Gasteiger partial charge on any atom is 0.325 e. The summed E-state index contributed by atoms with van der Waals surface area (Å²) in [5.74, 6) is -0.878. The van der Waals surface area contributed by atoms with Crippen molar-refractivity contribution in [2.24, 2.45) is 0 Å². The third-order valence-corrected chi connectivity index (χ3v) is 4.29. The summed E-state index contributed by atoms with van der Waals surface area (Å²) in [7, 11) is -2.86. The molecule has 19 heavy (non-hydrogen) atoms. The number of nitriles is 1. The van der Waals surface area contributed by atoms with Gasteiger partial charge in [0.05, 0.1) is 29.5 Å². The molecule has 0 heterocycles. The SMILES string of the molecule is COC(=O)C(C)S(=O)(=O)Nc1ccc(C#N)cc1Cl. The highest BCUT2D eigenvalue weighted by atomic mass is 35.5. The lowest BCUT2D eigenvalue weighted by atomic mass is 10.2. The maximum absolute atomic E-state index is 11.9. The summed E-state index contributed by atoms with van der Waals surface area (Å²) in [5.41, 5.74) is 0.394. The molecule has 0 spiro atoms. The van der Waals surface area contributed by atoms with Crippen LogP contribution in [0.3, 0.4) is 0 Å². The standard InChI is InChI=1S/C11H11ClN2O4S/c1-7(11(15)18-2)19(16,17)14-10-4-3-8(6-13)5-9(10)12/h3-5,7,14H,1-2H3. The molecule has 0 amide bonds. The predicted molar refractivity (Wildman–Crippen MR) is 70.2 cm³/mol. The fraction of sp³-hybridized carbons (Fsp3) is 0.273. The molecule has 0 saturated heterocycles. The van der Waals surface area contributed by atoms with Crippen molar-refractivity contribution in [3.8, 4) is 6.07 Å². The van der Waals surface area contributed by atoms with Crippen molar-refractivity contribution in [3.05, 3.63) is 28.8 Å². The molecule has 0 fully saturated rings. The zero-order valence-electron chi connectivity index (χ0n) is 10.2. The Bertz CT molecular complexity index is 637. The average molecular weight is 303 g/mol. The van der Waals surface area contributed by atoms with E-state index in [1.807, 2.05) is 6.07 Å². The number of esters is 1. The van der Waals surface area contributed by atoms with E-state index in [4.69, 9.17) is 16.9 Å². The molecule has 1 rings (SSSR count). The number of nitrogens with one attached hydrogen (secondary N) is 1. The zero-order valence-corrected chi connectivity index (χ0v) is 11.7. The Balaban J connectivity index is 3.03. The number of nitrogens with zero attached hydrogens (tertiary/aromatic N) is 1. The molecular weight excluding hydrogens is 292 g/mol. The van der Waals surface area contributed by atoms with E-state index in [0.29, 0.717) is 5.56 Å². The molecule has 1 aromatic carbocycles. The fourth-order valence-electron chi connectivity index (χ4n) is 1.20. The quantitative estimate of drug-likeness (QED) is 0.850. The number of hydrogen-bond acceptors (Lipinski definition) is 5. The third kappa shape index (κ3) is 3.59. The average Bonchev–Trinajstić information content (AvgIpc) is 2.39. The van der Waals surface area contributed by atoms with Crippen molar-refractivity contribution in [3.63, 3.8) is 0 Å². The lowest BCUT2D eigenvalue weighted by Crippen LogP contribution is -2.33. The van der Waals surface area contributed by atoms with E-state index in [-0.39, 0.29) is 10.7 Å². The number of methoxy groups -OCH3 is 1. The molecule has 1 N–H and O–H groups in total. The number of hydrogen-bond donors (Lipinski definition) is 1. The van der Waals surface area contributed by atoms with Crippen LogP contribution >= 0.6 is 11.6 Å². The van der Waals surface area contributed by atoms with E-state index in [1.54, 1.807) is 0 Å². The van der Waals surface area contributed by atoms with Crippen LogP contribution in [0.2, 0.25) is 5.02 Å². The first kappa shape index (κ1) is 15.3. The Hall–Kier alpha value is -1.78. The zero-order chi connectivity index (χ0) is 14.6. The van der Waals surface area contributed by atoms with Crippen molar-refractivity contribution in [2.45, 2.75) is 12.2 Å². The highest BCUT2D eigenvalue weighted by Crippen LogP contribution is 2.24. The second-order valence-electron chi connectivity index (χ2n) is 3.62. The molecule has 0 bridgehead atoms. The van der Waals surface area contributed by atoms with Crippen molar-refractivity contribution in [1.29, 1.82) is 5.26 Å². The summed E-state index contributed by atoms with van der Waals surface area (Å²) in [6, 6.07) is 5.95. The molecule has 0 aliphatic heterocycles. The van der Waals surface area contributed by atoms with Gasteiger partial charge in [0.1, 0.15) is 0 Å². The van der Waals surface area contributed by atoms with Crippen LogP contribution in [-0.2, 0) is 19.6 Å². The van der Waals surface area contributed by atoms with E-state index in [2.05, 4.69) is 9.46 Å². The van der Waals surface area contributed by atoms with E-state index < -0.39 is 21.2 Å². The molecule has 1 unspecified atom stereocenters. The molecule has 102 valence electrons. The Morgan fingerprint density at radius 1 is 1.53 bits per heavy atom. The number of rotatable bonds is 4. The van der Waals surface area contributed by atoms with Gasteiger partial charge in [-0.1, -0.05) is 11.6 Å². The number of carbonyl (C=O) groups excluding carboxylic acids is 1. The number of anilines is 1. The van der Waals surface area contributed by atoms with Crippen LogP contribution in [0.15, 0.2) is 18.2 Å². The monoisotopic (exact) mass is 302 g/mol. The molecule has 1 aromatic rings. The van der Waals surface area contributed by atoms with Gasteiger partial charge in [0.15, 0.2) is 5.25 Å². The lowest BCUT2D eigenvalue weighted by molar-refractivity contribution is -0.139. The first-order chi connectivity index (χ1) is 8.81. The van der Waals surface area contributed by atoms with Crippen LogP contribution < -0.4 is 4.72 Å². The van der Waals surface area contributed by atoms with Crippen LogP contribution in [-0.4, -0.2) is 26.7 Å². The van der Waals surface area contributed by atoms with Gasteiger partial charge in [0.25, 0.3) is 0 Å². The van der Waals surface area contributed by atoms with E-state index >= 15 is 0 Å². The second-order valence-corrected chi connectivity index (χ2v) is 6.03. The Labute approximate surface area is 116 Å². The summed E-state index contributed by atoms with van der Waals surface area (Å²) >= 11 is 5.84. The summed E-state index contributed by atoms with van der Waals surface area (Å²) in [5, 5.41) is 7.37. The van der Waals surface area contributed by atoms with Crippen LogP contribution in [0, 0.1) is 11.3 Å². The number of carbonyl (C=O) groups is 1. The molecule has 0 aliphatic rings. The van der Waals surface area contributed by atoms with Crippen LogP contribution in [0.5, 0.6) is 0 Å². The van der Waals surface area contributed by atoms with Gasteiger partial charge in [-0.25, -0.2) is 8.42 Å². The molecule has 0 aliphatic carbocycles. The lowest BCUT2D eigenvalue weighted by Gasteiger charge is -2.13. The third-order valence-electron chi connectivity index (χ3n) is 2.35. The van der Waals surface area contributed by atoms with Gasteiger partial charge in [0.2, 0.25) is 10.0 Å². The van der Waals surface area contributed by atoms with Gasteiger partial charge < -0.3 is 4.74 Å². The normalized spacial score (nSPS) is 12.3. The van der Waals surface area contributed by atoms with Gasteiger partial charge in [-0.15, -0.1) is 0 Å². The van der Waals surface area contributed by atoms with Crippen molar-refractivity contribution in [2.75, 3.05) is 11.8 Å². The second kappa shape index (κ2) is 5.91. The summed E-state index contributed by atoms with van der Waals surface area (Å²) < 4.78 is 30.3. The Kier molecular flexibility index (Phi) is 4.75. The number of benzene rings is 1. The highest BCUT2D eigenvalue weighted by Gasteiger charge is 2.29. The topological polar surface area (TPSA) is 96.3 Å². The van der Waals surface area contributed by atoms with Gasteiger partial charge in [-0.2, -0.15) is 5.26 Å². The molecule has 6 nitrogen and oxygen atoms in total. The van der Waals surface area contributed by atoms with Gasteiger partial charge in [0, 0.05) is 0 Å². The molecule has 8 heteroatoms. The van der Waals surface area contributed by atoms with Crippen LogP contribution in [0.4, 0.5) is 5.69 Å². The summed E-state index contributed by atoms with van der Waals surface area (Å²) in [4.78, 5) is 11.2. The first-order valence-corrected chi connectivity index (χ1v) is 7.03. The summed E-state index contributed by atoms with van der Waals surface area (Å²) in [6.07, 6.45) is 0. The minimum Gasteiger partial charge on any atom is -0.468 e.